The smallest absolute Gasteiger partial charge is 0.358 e. The fourth-order valence-corrected chi connectivity index (χ4v) is 1.05. The zero-order chi connectivity index (χ0) is 10.7. The summed E-state index contributed by atoms with van der Waals surface area (Å²) in [6, 6.07) is 1.08. The fraction of sp³-hybridized carbons (Fsp3) is 0.333. The second kappa shape index (κ2) is 4.04. The third-order valence-electron chi connectivity index (χ3n) is 1.79. The van der Waals surface area contributed by atoms with Gasteiger partial charge in [-0.25, -0.2) is 14.2 Å². The quantitative estimate of drug-likeness (QED) is 0.724. The molecule has 0 radical (unpaired) electrons. The zero-order valence-corrected chi connectivity index (χ0v) is 8.00. The molecule has 0 bridgehead atoms. The molecule has 0 aliphatic heterocycles. The lowest BCUT2D eigenvalue weighted by atomic mass is 10.2. The van der Waals surface area contributed by atoms with Crippen LogP contribution in [0.25, 0.3) is 0 Å². The van der Waals surface area contributed by atoms with Crippen molar-refractivity contribution in [2.45, 2.75) is 13.3 Å². The van der Waals surface area contributed by atoms with Crippen LogP contribution < -0.4 is 5.73 Å². The van der Waals surface area contributed by atoms with Gasteiger partial charge in [0, 0.05) is 6.07 Å². The normalized spacial score (nSPS) is 9.93. The maximum absolute atomic E-state index is 13.1. The molecule has 2 N–H and O–H groups in total. The van der Waals surface area contributed by atoms with Crippen molar-refractivity contribution in [2.75, 3.05) is 12.8 Å². The first-order valence-corrected chi connectivity index (χ1v) is 4.13. The summed E-state index contributed by atoms with van der Waals surface area (Å²) in [5, 5.41) is 0. The Hall–Kier alpha value is -1.65. The summed E-state index contributed by atoms with van der Waals surface area (Å²) in [4.78, 5) is 14.9. The molecular formula is C9H11FN2O2. The summed E-state index contributed by atoms with van der Waals surface area (Å²) >= 11 is 0. The second-order valence-electron chi connectivity index (χ2n) is 2.70. The predicted molar refractivity (Wildman–Crippen MR) is 49.3 cm³/mol. The van der Waals surface area contributed by atoms with Crippen molar-refractivity contribution in [3.63, 3.8) is 0 Å². The van der Waals surface area contributed by atoms with E-state index in [4.69, 9.17) is 5.73 Å². The van der Waals surface area contributed by atoms with Crippen molar-refractivity contribution in [1.29, 1.82) is 0 Å². The number of anilines is 1. The average Bonchev–Trinajstić information content (AvgIpc) is 2.17. The topological polar surface area (TPSA) is 65.2 Å². The van der Waals surface area contributed by atoms with Crippen LogP contribution >= 0.6 is 0 Å². The standard InChI is InChI=1S/C9H11FN2O2/c1-3-7-5(10)4-6(11)8(12-7)9(13)14-2/h4H,3,11H2,1-2H3. The Kier molecular flexibility index (Phi) is 3.01. The molecule has 14 heavy (non-hydrogen) atoms. The summed E-state index contributed by atoms with van der Waals surface area (Å²) < 4.78 is 17.6. The van der Waals surface area contributed by atoms with Crippen molar-refractivity contribution < 1.29 is 13.9 Å². The minimum atomic E-state index is -0.655. The SMILES string of the molecule is CCc1nc(C(=O)OC)c(N)cc1F. The van der Waals surface area contributed by atoms with Crippen LogP contribution in [0.3, 0.4) is 0 Å². The van der Waals surface area contributed by atoms with Gasteiger partial charge in [0.15, 0.2) is 5.69 Å². The molecule has 0 amide bonds. The lowest BCUT2D eigenvalue weighted by Gasteiger charge is -2.05. The van der Waals surface area contributed by atoms with Crippen molar-refractivity contribution in [2.24, 2.45) is 0 Å². The Morgan fingerprint density at radius 3 is 2.86 bits per heavy atom. The van der Waals surface area contributed by atoms with Crippen LogP contribution in [0.2, 0.25) is 0 Å². The first kappa shape index (κ1) is 10.4. The van der Waals surface area contributed by atoms with Crippen LogP contribution in [-0.4, -0.2) is 18.1 Å². The fourth-order valence-electron chi connectivity index (χ4n) is 1.05. The Morgan fingerprint density at radius 1 is 1.71 bits per heavy atom. The Balaban J connectivity index is 3.24. The van der Waals surface area contributed by atoms with Crippen LogP contribution in [0.5, 0.6) is 0 Å². The average molecular weight is 198 g/mol. The van der Waals surface area contributed by atoms with Crippen LogP contribution in [-0.2, 0) is 11.2 Å². The molecule has 0 saturated heterocycles. The molecule has 1 aromatic heterocycles. The first-order valence-electron chi connectivity index (χ1n) is 4.13. The summed E-state index contributed by atoms with van der Waals surface area (Å²) in [6.45, 7) is 1.74. The molecule has 0 spiro atoms. The van der Waals surface area contributed by atoms with Gasteiger partial charge in [0.25, 0.3) is 0 Å². The van der Waals surface area contributed by atoms with E-state index in [0.717, 1.165) is 6.07 Å². The molecule has 76 valence electrons. The van der Waals surface area contributed by atoms with Gasteiger partial charge < -0.3 is 10.5 Å². The lowest BCUT2D eigenvalue weighted by molar-refractivity contribution is 0.0595. The summed E-state index contributed by atoms with van der Waals surface area (Å²) in [5.74, 6) is -1.16. The Morgan fingerprint density at radius 2 is 2.36 bits per heavy atom. The predicted octanol–water partition coefficient (Wildman–Crippen LogP) is 1.15. The number of aryl methyl sites for hydroxylation is 1. The van der Waals surface area contributed by atoms with Crippen LogP contribution in [0, 0.1) is 5.82 Å². The molecule has 0 unspecified atom stereocenters. The molecule has 5 heteroatoms. The molecule has 0 aliphatic carbocycles. The van der Waals surface area contributed by atoms with E-state index in [0.29, 0.717) is 6.42 Å². The number of nitrogens with zero attached hydrogens (tertiary/aromatic N) is 1. The Labute approximate surface area is 80.9 Å². The number of nitrogen functional groups attached to an aromatic ring is 1. The van der Waals surface area contributed by atoms with Gasteiger partial charge >= 0.3 is 5.97 Å². The highest BCUT2D eigenvalue weighted by Gasteiger charge is 2.15. The van der Waals surface area contributed by atoms with Gasteiger partial charge in [-0.1, -0.05) is 6.92 Å². The third kappa shape index (κ3) is 1.81. The molecule has 0 saturated carbocycles. The maximum Gasteiger partial charge on any atom is 0.358 e. The van der Waals surface area contributed by atoms with Gasteiger partial charge in [0.05, 0.1) is 18.5 Å². The minimum absolute atomic E-state index is 0.00782. The largest absolute Gasteiger partial charge is 0.464 e. The number of esters is 1. The maximum atomic E-state index is 13.1. The summed E-state index contributed by atoms with van der Waals surface area (Å²) in [5.41, 5.74) is 5.58. The number of ether oxygens (including phenoxy) is 1. The molecule has 1 rings (SSSR count). The van der Waals surface area contributed by atoms with Gasteiger partial charge in [0.2, 0.25) is 0 Å². The molecule has 0 atom stereocenters. The number of hydrogen-bond donors (Lipinski definition) is 1. The van der Waals surface area contributed by atoms with Gasteiger partial charge in [-0.05, 0) is 6.42 Å². The van der Waals surface area contributed by atoms with Crippen LogP contribution in [0.15, 0.2) is 6.07 Å². The Bertz CT molecular complexity index is 366. The highest BCUT2D eigenvalue weighted by Crippen LogP contribution is 2.15. The van der Waals surface area contributed by atoms with E-state index in [-0.39, 0.29) is 17.1 Å². The number of hydrogen-bond acceptors (Lipinski definition) is 4. The number of aromatic nitrogens is 1. The van der Waals surface area contributed by atoms with E-state index in [1.807, 2.05) is 0 Å². The second-order valence-corrected chi connectivity index (χ2v) is 2.70. The molecule has 1 aromatic rings. The third-order valence-corrected chi connectivity index (χ3v) is 1.79. The van der Waals surface area contributed by atoms with Crippen LogP contribution in [0.4, 0.5) is 10.1 Å². The van der Waals surface area contributed by atoms with E-state index in [1.54, 1.807) is 6.92 Å². The number of pyridine rings is 1. The van der Waals surface area contributed by atoms with Crippen LogP contribution in [0.1, 0.15) is 23.1 Å². The monoisotopic (exact) mass is 198 g/mol. The summed E-state index contributed by atoms with van der Waals surface area (Å²) in [6.07, 6.45) is 0.399. The molecule has 0 aromatic carbocycles. The van der Waals surface area contributed by atoms with Crippen molar-refractivity contribution in [1.82, 2.24) is 4.98 Å². The zero-order valence-electron chi connectivity index (χ0n) is 8.00. The number of methoxy groups -OCH3 is 1. The number of rotatable bonds is 2. The van der Waals surface area contributed by atoms with Crippen molar-refractivity contribution in [3.8, 4) is 0 Å². The molecule has 0 fully saturated rings. The molecule has 0 aliphatic rings. The molecular weight excluding hydrogens is 187 g/mol. The highest BCUT2D eigenvalue weighted by molar-refractivity contribution is 5.92. The van der Waals surface area contributed by atoms with E-state index in [9.17, 15) is 9.18 Å². The van der Waals surface area contributed by atoms with E-state index < -0.39 is 11.8 Å². The van der Waals surface area contributed by atoms with Crippen molar-refractivity contribution in [3.05, 3.63) is 23.3 Å². The molecule has 4 nitrogen and oxygen atoms in total. The van der Waals surface area contributed by atoms with E-state index in [1.165, 1.54) is 7.11 Å². The number of halogens is 1. The number of carbonyl (C=O) groups excluding carboxylic acids is 1. The van der Waals surface area contributed by atoms with Crippen molar-refractivity contribution >= 4 is 11.7 Å². The molecule has 1 heterocycles. The highest BCUT2D eigenvalue weighted by atomic mass is 19.1. The number of nitrogens with two attached hydrogens (primary N) is 1. The van der Waals surface area contributed by atoms with Gasteiger partial charge in [-0.2, -0.15) is 0 Å². The lowest BCUT2D eigenvalue weighted by Crippen LogP contribution is -2.11. The van der Waals surface area contributed by atoms with E-state index in [2.05, 4.69) is 9.72 Å². The minimum Gasteiger partial charge on any atom is -0.464 e. The van der Waals surface area contributed by atoms with E-state index >= 15 is 0 Å². The summed E-state index contributed by atoms with van der Waals surface area (Å²) in [7, 11) is 1.22. The van der Waals surface area contributed by atoms with Gasteiger partial charge in [0.1, 0.15) is 5.82 Å². The van der Waals surface area contributed by atoms with Gasteiger partial charge in [-0.3, -0.25) is 0 Å². The van der Waals surface area contributed by atoms with Gasteiger partial charge in [-0.15, -0.1) is 0 Å². The first-order chi connectivity index (χ1) is 6.60. The number of carbonyl (C=O) groups is 1.